The molecule has 0 aliphatic carbocycles. The van der Waals surface area contributed by atoms with Crippen molar-refractivity contribution < 1.29 is 39.9 Å². The molecule has 93 heavy (non-hydrogen) atoms. The van der Waals surface area contributed by atoms with Gasteiger partial charge >= 0.3 is 0 Å². The van der Waals surface area contributed by atoms with E-state index < -0.39 is 23.7 Å². The molecule has 0 unspecified atom stereocenters. The molecule has 3 N–H and O–H groups in total. The number of carbonyl (C=O) groups is 1. The van der Waals surface area contributed by atoms with Crippen molar-refractivity contribution in [1.82, 2.24) is 25.0 Å². The van der Waals surface area contributed by atoms with Crippen molar-refractivity contribution in [2.45, 2.75) is 155 Å². The fourth-order valence-corrected chi connectivity index (χ4v) is 11.6. The second-order valence-electron chi connectivity index (χ2n) is 24.2. The van der Waals surface area contributed by atoms with Crippen LogP contribution >= 0.6 is 55.4 Å². The average molecular weight is 1460 g/mol. The number of aryl methyl sites for hydroxylation is 7. The monoisotopic (exact) mass is 1450 g/mol. The summed E-state index contributed by atoms with van der Waals surface area (Å²) in [7, 11) is 0. The molecule has 5 aromatic carbocycles. The Balaban J connectivity index is 0.000000241. The van der Waals surface area contributed by atoms with Gasteiger partial charge in [-0.1, -0.05) is 85.5 Å². The smallest absolute Gasteiger partial charge is 0.250 e. The lowest BCUT2D eigenvalue weighted by atomic mass is 10.0. The van der Waals surface area contributed by atoms with Crippen LogP contribution in [0.1, 0.15) is 142 Å². The maximum atomic E-state index is 13.2. The van der Waals surface area contributed by atoms with Crippen LogP contribution in [-0.4, -0.2) is 112 Å². The number of Topliss-reactive ketones (excluding diaryl/α,β-unsaturated/α-hetero) is 1. The van der Waals surface area contributed by atoms with E-state index in [1.165, 1.54) is 18.1 Å². The van der Waals surface area contributed by atoms with Crippen molar-refractivity contribution in [3.05, 3.63) is 180 Å². The van der Waals surface area contributed by atoms with Gasteiger partial charge in [-0.15, -0.1) is 11.3 Å². The number of aromatic nitrogens is 1. The number of benzene rings is 5. The van der Waals surface area contributed by atoms with Crippen molar-refractivity contribution in [1.29, 1.82) is 15.8 Å². The molecule has 10 nitrogen and oxygen atoms in total. The number of hydrogen-bond donors (Lipinski definition) is 2. The SMILES string of the molecule is CC(=O)CBr.Cc1cc(C#N)cc(CBr)c1.Cc1cc(C#N)cc(CN2CCC(F)(F)CC2)c1.Cc1cc(C)cc(C#N)c1.Cc1cc(CN2CCC(F)(F)CC2)cc(-c2nc(C)cs2)c1.Cc1cc(CN2CCC(F)(F)CC2)cc(C(N)=S)c1.FC1(F)CCNCC1. The maximum absolute atomic E-state index is 13.2. The molecule has 10 rings (SSSR count). The molecule has 0 amide bonds. The number of hydrogen-bond acceptors (Lipinski definition) is 11. The Morgan fingerprint density at radius 1 is 0.527 bits per heavy atom. The molecule has 0 radical (unpaired) electrons. The van der Waals surface area contributed by atoms with Gasteiger partial charge in [0.05, 0.1) is 40.2 Å². The van der Waals surface area contributed by atoms with E-state index in [-0.39, 0.29) is 57.1 Å². The number of carbonyl (C=O) groups excluding carboxylic acids is 1. The average Bonchev–Trinajstić information content (AvgIpc) is 1.87. The van der Waals surface area contributed by atoms with Gasteiger partial charge in [0.2, 0.25) is 0 Å². The van der Waals surface area contributed by atoms with Gasteiger partial charge < -0.3 is 11.1 Å². The molecule has 1 aromatic heterocycles. The first kappa shape index (κ1) is 79.4. The van der Waals surface area contributed by atoms with Crippen LogP contribution in [0.2, 0.25) is 0 Å². The number of nitrogens with zero attached hydrogens (tertiary/aromatic N) is 7. The van der Waals surface area contributed by atoms with Crippen molar-refractivity contribution in [3.8, 4) is 28.8 Å². The summed E-state index contributed by atoms with van der Waals surface area (Å²) in [6, 6.07) is 36.0. The van der Waals surface area contributed by atoms with Crippen LogP contribution in [-0.2, 0) is 29.8 Å². The minimum atomic E-state index is -2.50. The number of rotatable bonds is 10. The third-order valence-electron chi connectivity index (χ3n) is 15.0. The van der Waals surface area contributed by atoms with Gasteiger partial charge in [-0.05, 0) is 161 Å². The molecule has 502 valence electrons. The number of nitrogens with two attached hydrogens (primary N) is 1. The number of ketones is 1. The fourth-order valence-electron chi connectivity index (χ4n) is 10.4. The predicted molar refractivity (Wildman–Crippen MR) is 369 cm³/mol. The van der Waals surface area contributed by atoms with Gasteiger partial charge in [0, 0.05) is 151 Å². The molecule has 0 saturated carbocycles. The first-order chi connectivity index (χ1) is 43.7. The lowest BCUT2D eigenvalue weighted by molar-refractivity contribution is -0.114. The Hall–Kier alpha value is -6.00. The van der Waals surface area contributed by atoms with E-state index >= 15 is 0 Å². The number of alkyl halides is 10. The number of halogens is 10. The lowest BCUT2D eigenvalue weighted by Crippen LogP contribution is -2.38. The molecule has 4 aliphatic heterocycles. The molecular formula is C71H85Br2F8N9OS2. The van der Waals surface area contributed by atoms with Gasteiger partial charge in [0.15, 0.2) is 0 Å². The van der Waals surface area contributed by atoms with Crippen LogP contribution in [0.4, 0.5) is 35.1 Å². The lowest BCUT2D eigenvalue weighted by Gasteiger charge is -2.31. The van der Waals surface area contributed by atoms with Crippen molar-refractivity contribution in [2.75, 3.05) is 57.7 Å². The molecule has 0 atom stereocenters. The fraction of sp³-hybridized carbons (Fsp3) is 0.465. The Labute approximate surface area is 570 Å². The zero-order valence-electron chi connectivity index (χ0n) is 54.3. The van der Waals surface area contributed by atoms with E-state index in [2.05, 4.69) is 113 Å². The van der Waals surface area contributed by atoms with Gasteiger partial charge in [0.1, 0.15) is 15.8 Å². The maximum Gasteiger partial charge on any atom is 0.250 e. The van der Waals surface area contributed by atoms with Crippen LogP contribution in [0.3, 0.4) is 0 Å². The van der Waals surface area contributed by atoms with Crippen LogP contribution in [0, 0.1) is 82.5 Å². The number of thiocarbonyl (C=S) groups is 1. The molecule has 22 heteroatoms. The van der Waals surface area contributed by atoms with Gasteiger partial charge in [0.25, 0.3) is 23.7 Å². The van der Waals surface area contributed by atoms with Crippen LogP contribution in [0.25, 0.3) is 10.6 Å². The zero-order chi connectivity index (χ0) is 69.1. The number of piperidine rings is 4. The van der Waals surface area contributed by atoms with Gasteiger partial charge in [-0.2, -0.15) is 15.8 Å². The number of thiazole rings is 1. The quantitative estimate of drug-likeness (QED) is 0.0767. The molecule has 0 bridgehead atoms. The van der Waals surface area contributed by atoms with Crippen molar-refractivity contribution in [3.63, 3.8) is 0 Å². The Bertz CT molecular complexity index is 3470. The minimum absolute atomic E-state index is 0.00694. The van der Waals surface area contributed by atoms with E-state index in [0.717, 1.165) is 89.3 Å². The van der Waals surface area contributed by atoms with E-state index in [0.29, 0.717) is 81.3 Å². The van der Waals surface area contributed by atoms with Crippen LogP contribution in [0.5, 0.6) is 0 Å². The van der Waals surface area contributed by atoms with E-state index in [1.54, 1.807) is 11.3 Å². The number of nitriles is 3. The summed E-state index contributed by atoms with van der Waals surface area (Å²) in [5, 5.41) is 33.3. The predicted octanol–water partition coefficient (Wildman–Crippen LogP) is 17.5. The summed E-state index contributed by atoms with van der Waals surface area (Å²) < 4.78 is 103. The highest BCUT2D eigenvalue weighted by molar-refractivity contribution is 9.09. The number of nitrogens with one attached hydrogen (secondary N) is 1. The van der Waals surface area contributed by atoms with Crippen LogP contribution < -0.4 is 11.1 Å². The third kappa shape index (κ3) is 31.4. The van der Waals surface area contributed by atoms with Crippen molar-refractivity contribution >= 4 is 66.2 Å². The molecule has 0 spiro atoms. The number of likely N-dealkylation sites (tertiary alicyclic amines) is 3. The summed E-state index contributed by atoms with van der Waals surface area (Å²) in [5.41, 5.74) is 21.9. The van der Waals surface area contributed by atoms with Crippen LogP contribution in [0.15, 0.2) is 96.4 Å². The zero-order valence-corrected chi connectivity index (χ0v) is 59.1. The van der Waals surface area contributed by atoms with Gasteiger partial charge in [-0.25, -0.2) is 40.1 Å². The molecule has 6 aromatic rings. The van der Waals surface area contributed by atoms with E-state index in [9.17, 15) is 39.9 Å². The standard InChI is InChI=1S/C17H20F2N2S.C14H18F2N2S.C14H16F2N2.C9H8BrN.C9H9N.C5H9F2N.C3H5BrO/c1-12-7-14(10-21-5-3-17(18,19)4-6-21)9-15(8-12)16-20-13(2)11-22-16;1-10-6-11(8-12(7-10)13(17)19)9-18-4-2-14(15,16)3-5-18;1-11-6-12(9-17)8-13(7-11)10-18-4-2-14(15,16)3-5-18;1-7-2-8(5-10)4-9(3-7)6-11;1-7-3-8(2)5-9(4-7)6-10;6-5(7)1-3-8-4-2-5;1-3(5)2-4/h7-9,11H,3-6,10H2,1-2H3;6-8H,2-5,9H2,1H3,(H2,17,19);6-8H,2-5,10H2,1H3;2-4H,5H2,1H3;3-5H,1-2H3;8H,1-4H2;2H2,1H3. The Morgan fingerprint density at radius 3 is 1.20 bits per heavy atom. The largest absolute Gasteiger partial charge is 0.389 e. The molecule has 5 heterocycles. The van der Waals surface area contributed by atoms with Crippen molar-refractivity contribution in [2.24, 2.45) is 5.73 Å². The highest BCUT2D eigenvalue weighted by atomic mass is 79.9. The first-order valence-corrected chi connectivity index (χ1v) is 34.2. The minimum Gasteiger partial charge on any atom is -0.389 e. The molecule has 4 fully saturated rings. The Morgan fingerprint density at radius 2 is 0.860 bits per heavy atom. The third-order valence-corrected chi connectivity index (χ3v) is 17.6. The van der Waals surface area contributed by atoms with E-state index in [4.69, 9.17) is 33.7 Å². The molecule has 4 saturated heterocycles. The second-order valence-corrected chi connectivity index (χ2v) is 26.6. The van der Waals surface area contributed by atoms with Gasteiger partial charge in [-0.3, -0.25) is 19.5 Å². The van der Waals surface area contributed by atoms with E-state index in [1.807, 2.05) is 106 Å². The summed E-state index contributed by atoms with van der Waals surface area (Å²) >= 11 is 12.9. The summed E-state index contributed by atoms with van der Waals surface area (Å²) in [4.78, 5) is 20.9. The first-order valence-electron chi connectivity index (χ1n) is 30.6. The topological polar surface area (TPSA) is 149 Å². The molecular weight excluding hydrogens is 1370 g/mol. The Kier molecular flexibility index (Phi) is 32.9. The summed E-state index contributed by atoms with van der Waals surface area (Å²) in [6.45, 7) is 21.1. The normalized spacial score (nSPS) is 16.9. The highest BCUT2D eigenvalue weighted by Crippen LogP contribution is 2.32. The second kappa shape index (κ2) is 38.5. The highest BCUT2D eigenvalue weighted by Gasteiger charge is 2.36. The summed E-state index contributed by atoms with van der Waals surface area (Å²) in [5.74, 6) is -9.68. The summed E-state index contributed by atoms with van der Waals surface area (Å²) in [6.07, 6.45) is -0.287. The molecule has 4 aliphatic rings.